The van der Waals surface area contributed by atoms with Crippen molar-refractivity contribution in [1.82, 2.24) is 0 Å². The van der Waals surface area contributed by atoms with Crippen molar-refractivity contribution in [3.05, 3.63) is 99.4 Å². The van der Waals surface area contributed by atoms with Crippen LogP contribution in [0.3, 0.4) is 0 Å². The second-order valence-electron chi connectivity index (χ2n) is 8.17. The van der Waals surface area contributed by atoms with Gasteiger partial charge in [-0.25, -0.2) is 4.79 Å². The van der Waals surface area contributed by atoms with Crippen molar-refractivity contribution < 1.29 is 28.7 Å². The van der Waals surface area contributed by atoms with Crippen LogP contribution in [0.4, 0.5) is 0 Å². The summed E-state index contributed by atoms with van der Waals surface area (Å²) in [6, 6.07) is 19.4. The second-order valence-corrected chi connectivity index (χ2v) is 8.17. The molecule has 0 amide bonds. The van der Waals surface area contributed by atoms with E-state index in [1.54, 1.807) is 37.3 Å². The van der Waals surface area contributed by atoms with Crippen molar-refractivity contribution in [2.24, 2.45) is 0 Å². The number of aryl methyl sites for hydroxylation is 1. The number of methoxy groups -OCH3 is 1. The fourth-order valence-corrected chi connectivity index (χ4v) is 3.89. The molecule has 0 aliphatic carbocycles. The van der Waals surface area contributed by atoms with Gasteiger partial charge in [-0.05, 0) is 43.3 Å². The first kappa shape index (κ1) is 23.1. The molecule has 1 aromatic heterocycles. The largest absolute Gasteiger partial charge is 0.507 e. The summed E-state index contributed by atoms with van der Waals surface area (Å²) in [7, 11) is 3.33. The lowest BCUT2D eigenvalue weighted by Crippen LogP contribution is -3.06. The summed E-state index contributed by atoms with van der Waals surface area (Å²) in [5, 5.41) is 10.9. The van der Waals surface area contributed by atoms with Crippen molar-refractivity contribution in [1.29, 1.82) is 0 Å². The van der Waals surface area contributed by atoms with E-state index in [-0.39, 0.29) is 16.9 Å². The number of carbonyl (C=O) groups excluding carboxylic acids is 1. The number of phenolic OH excluding ortho intramolecular Hbond substituents is 1. The lowest BCUT2D eigenvalue weighted by Gasteiger charge is -2.17. The van der Waals surface area contributed by atoms with E-state index in [2.05, 4.69) is 12.1 Å². The summed E-state index contributed by atoms with van der Waals surface area (Å²) in [6.07, 6.45) is 0. The summed E-state index contributed by atoms with van der Waals surface area (Å²) in [6.45, 7) is 2.87. The van der Waals surface area contributed by atoms with Gasteiger partial charge in [0.25, 0.3) is 0 Å². The maximum absolute atomic E-state index is 13.3. The molecule has 1 unspecified atom stereocenters. The van der Waals surface area contributed by atoms with Gasteiger partial charge < -0.3 is 23.9 Å². The number of hydrogen-bond donors (Lipinski definition) is 2. The van der Waals surface area contributed by atoms with Crippen molar-refractivity contribution in [3.63, 3.8) is 0 Å². The Hall–Kier alpha value is -4.10. The molecule has 0 saturated carbocycles. The van der Waals surface area contributed by atoms with Crippen LogP contribution in [0.25, 0.3) is 11.0 Å². The van der Waals surface area contributed by atoms with E-state index in [1.807, 2.05) is 25.2 Å². The number of ether oxygens (including phenoxy) is 2. The number of rotatable bonds is 7. The quantitative estimate of drug-likeness (QED) is 0.410. The topological polar surface area (TPSA) is 90.4 Å². The second kappa shape index (κ2) is 9.80. The van der Waals surface area contributed by atoms with Gasteiger partial charge in [-0.1, -0.05) is 30.3 Å². The van der Waals surface area contributed by atoms with Crippen LogP contribution in [0.5, 0.6) is 17.2 Å². The first-order valence-corrected chi connectivity index (χ1v) is 10.9. The standard InChI is InChI=1S/C27H25NO6/c1-17-25(34-20-11-9-19(10-12-20)27(31)32-3)24(30)21-13-14-23(29)22(26(21)33-17)16-28(2)15-18-7-5-4-6-8-18/h4-14,29H,15-16H2,1-3H3/p+1. The van der Waals surface area contributed by atoms with Crippen LogP contribution in [0, 0.1) is 6.92 Å². The molecule has 174 valence electrons. The molecule has 4 aromatic rings. The summed E-state index contributed by atoms with van der Waals surface area (Å²) in [4.78, 5) is 26.0. The number of quaternary nitrogens is 1. The first-order valence-electron chi connectivity index (χ1n) is 10.9. The minimum atomic E-state index is -0.459. The first-order chi connectivity index (χ1) is 16.4. The number of nitrogens with one attached hydrogen (secondary N) is 1. The number of benzene rings is 3. The van der Waals surface area contributed by atoms with Crippen LogP contribution < -0.4 is 15.1 Å². The van der Waals surface area contributed by atoms with E-state index < -0.39 is 5.97 Å². The third-order valence-corrected chi connectivity index (χ3v) is 5.58. The molecule has 0 aliphatic heterocycles. The predicted octanol–water partition coefficient (Wildman–Crippen LogP) is 3.60. The minimum absolute atomic E-state index is 0.0555. The number of fused-ring (bicyclic) bond motifs is 1. The molecule has 1 heterocycles. The van der Waals surface area contributed by atoms with Crippen LogP contribution in [-0.4, -0.2) is 25.2 Å². The fraction of sp³-hybridized carbons (Fsp3) is 0.185. The Labute approximate surface area is 196 Å². The summed E-state index contributed by atoms with van der Waals surface area (Å²) < 4.78 is 16.5. The Morgan fingerprint density at radius 2 is 1.71 bits per heavy atom. The maximum atomic E-state index is 13.3. The SMILES string of the molecule is COC(=O)c1ccc(Oc2c(C)oc3c(C[NH+](C)Cc4ccccc4)c(O)ccc3c2=O)cc1. The van der Waals surface area contributed by atoms with E-state index in [4.69, 9.17) is 13.9 Å². The zero-order valence-corrected chi connectivity index (χ0v) is 19.3. The van der Waals surface area contributed by atoms with Gasteiger partial charge in [0.1, 0.15) is 30.3 Å². The molecule has 7 heteroatoms. The highest BCUT2D eigenvalue weighted by atomic mass is 16.5. The van der Waals surface area contributed by atoms with E-state index in [9.17, 15) is 14.7 Å². The van der Waals surface area contributed by atoms with Crippen LogP contribution in [-0.2, 0) is 17.8 Å². The zero-order valence-electron chi connectivity index (χ0n) is 19.3. The molecule has 34 heavy (non-hydrogen) atoms. The highest BCUT2D eigenvalue weighted by Crippen LogP contribution is 2.30. The van der Waals surface area contributed by atoms with Crippen LogP contribution in [0.15, 0.2) is 75.9 Å². The van der Waals surface area contributed by atoms with E-state index in [0.29, 0.717) is 40.2 Å². The molecular formula is C27H26NO6+. The van der Waals surface area contributed by atoms with E-state index in [1.165, 1.54) is 18.7 Å². The molecule has 4 rings (SSSR count). The van der Waals surface area contributed by atoms with Crippen molar-refractivity contribution in [2.75, 3.05) is 14.2 Å². The van der Waals surface area contributed by atoms with Gasteiger partial charge >= 0.3 is 5.97 Å². The van der Waals surface area contributed by atoms with Gasteiger partial charge in [0, 0.05) is 5.56 Å². The van der Waals surface area contributed by atoms with Crippen molar-refractivity contribution in [2.45, 2.75) is 20.0 Å². The summed E-state index contributed by atoms with van der Waals surface area (Å²) >= 11 is 0. The number of aromatic hydroxyl groups is 1. The van der Waals surface area contributed by atoms with Gasteiger partial charge in [0.15, 0.2) is 5.58 Å². The fourth-order valence-electron chi connectivity index (χ4n) is 3.89. The lowest BCUT2D eigenvalue weighted by atomic mass is 10.1. The number of esters is 1. The van der Waals surface area contributed by atoms with Crippen molar-refractivity contribution >= 4 is 16.9 Å². The molecule has 0 bridgehead atoms. The molecule has 0 saturated heterocycles. The number of phenols is 1. The molecule has 1 atom stereocenters. The van der Waals surface area contributed by atoms with Gasteiger partial charge in [0.2, 0.25) is 11.2 Å². The molecule has 0 fully saturated rings. The molecule has 0 spiro atoms. The lowest BCUT2D eigenvalue weighted by molar-refractivity contribution is -0.907. The third-order valence-electron chi connectivity index (χ3n) is 5.58. The van der Waals surface area contributed by atoms with Gasteiger partial charge in [0.05, 0.1) is 30.7 Å². The van der Waals surface area contributed by atoms with E-state index in [0.717, 1.165) is 11.4 Å². The van der Waals surface area contributed by atoms with Crippen LogP contribution in [0.1, 0.15) is 27.2 Å². The summed E-state index contributed by atoms with van der Waals surface area (Å²) in [5.41, 5.74) is 2.13. The predicted molar refractivity (Wildman–Crippen MR) is 127 cm³/mol. The highest BCUT2D eigenvalue weighted by molar-refractivity contribution is 5.89. The van der Waals surface area contributed by atoms with E-state index >= 15 is 0 Å². The smallest absolute Gasteiger partial charge is 0.337 e. The molecule has 2 N–H and O–H groups in total. The van der Waals surface area contributed by atoms with Crippen molar-refractivity contribution in [3.8, 4) is 17.2 Å². The number of carbonyl (C=O) groups is 1. The summed E-state index contributed by atoms with van der Waals surface area (Å²) in [5.74, 6) is 0.352. The van der Waals surface area contributed by atoms with Crippen LogP contribution >= 0.6 is 0 Å². The Balaban J connectivity index is 1.65. The molecule has 0 radical (unpaired) electrons. The minimum Gasteiger partial charge on any atom is -0.507 e. The highest BCUT2D eigenvalue weighted by Gasteiger charge is 2.21. The Morgan fingerprint density at radius 3 is 2.38 bits per heavy atom. The maximum Gasteiger partial charge on any atom is 0.337 e. The molecule has 3 aromatic carbocycles. The Morgan fingerprint density at radius 1 is 1.00 bits per heavy atom. The monoisotopic (exact) mass is 460 g/mol. The zero-order chi connectivity index (χ0) is 24.2. The average molecular weight is 461 g/mol. The van der Waals surface area contributed by atoms with Crippen LogP contribution in [0.2, 0.25) is 0 Å². The molecule has 7 nitrogen and oxygen atoms in total. The Bertz CT molecular complexity index is 1380. The van der Waals surface area contributed by atoms with Gasteiger partial charge in [-0.15, -0.1) is 0 Å². The average Bonchev–Trinajstić information content (AvgIpc) is 2.84. The molecule has 0 aliphatic rings. The third kappa shape index (κ3) is 4.79. The van der Waals surface area contributed by atoms with Gasteiger partial charge in [-0.2, -0.15) is 0 Å². The number of hydrogen-bond acceptors (Lipinski definition) is 6. The molecular weight excluding hydrogens is 434 g/mol. The normalized spacial score (nSPS) is 11.9. The Kier molecular flexibility index (Phi) is 6.65. The van der Waals surface area contributed by atoms with Gasteiger partial charge in [-0.3, -0.25) is 4.79 Å².